The molecule has 22 heavy (non-hydrogen) atoms. The predicted molar refractivity (Wildman–Crippen MR) is 80.7 cm³/mol. The summed E-state index contributed by atoms with van der Waals surface area (Å²) in [4.78, 5) is 12.5. The SMILES string of the molecule is COc1ccc(C(C)(C)C)cc1-n1nnn(C2COC2)c1=O. The third kappa shape index (κ3) is 2.41. The second-order valence-corrected chi connectivity index (χ2v) is 6.45. The Labute approximate surface area is 128 Å². The Morgan fingerprint density at radius 2 is 2.00 bits per heavy atom. The first-order chi connectivity index (χ1) is 10.4. The number of benzene rings is 1. The first-order valence-electron chi connectivity index (χ1n) is 7.23. The zero-order chi connectivity index (χ0) is 15.9. The molecule has 118 valence electrons. The molecule has 0 spiro atoms. The van der Waals surface area contributed by atoms with Crippen molar-refractivity contribution in [3.8, 4) is 11.4 Å². The standard InChI is InChI=1S/C15H20N4O3/c1-15(2,3)10-5-6-13(21-4)12(7-10)19-14(20)18(16-17-19)11-8-22-9-11/h5-7,11H,8-9H2,1-4H3. The molecule has 0 saturated carbocycles. The number of methoxy groups -OCH3 is 1. The lowest BCUT2D eigenvalue weighted by Crippen LogP contribution is -2.38. The zero-order valence-corrected chi connectivity index (χ0v) is 13.2. The number of ether oxygens (including phenoxy) is 2. The number of aromatic nitrogens is 4. The lowest BCUT2D eigenvalue weighted by molar-refractivity contribution is -0.0309. The molecule has 3 rings (SSSR count). The molecule has 7 nitrogen and oxygen atoms in total. The highest BCUT2D eigenvalue weighted by Crippen LogP contribution is 2.29. The van der Waals surface area contributed by atoms with Crippen LogP contribution in [0.15, 0.2) is 23.0 Å². The van der Waals surface area contributed by atoms with Crippen LogP contribution in [-0.4, -0.2) is 40.1 Å². The van der Waals surface area contributed by atoms with E-state index < -0.39 is 0 Å². The number of hydrogen-bond donors (Lipinski definition) is 0. The van der Waals surface area contributed by atoms with Crippen LogP contribution in [0.1, 0.15) is 32.4 Å². The van der Waals surface area contributed by atoms with Gasteiger partial charge in [-0.3, -0.25) is 0 Å². The van der Waals surface area contributed by atoms with Crippen molar-refractivity contribution >= 4 is 0 Å². The van der Waals surface area contributed by atoms with E-state index in [1.165, 1.54) is 9.36 Å². The van der Waals surface area contributed by atoms with Gasteiger partial charge in [-0.1, -0.05) is 26.8 Å². The van der Waals surface area contributed by atoms with Crippen molar-refractivity contribution < 1.29 is 9.47 Å². The van der Waals surface area contributed by atoms with Crippen molar-refractivity contribution in [1.29, 1.82) is 0 Å². The summed E-state index contributed by atoms with van der Waals surface area (Å²) >= 11 is 0. The van der Waals surface area contributed by atoms with Gasteiger partial charge < -0.3 is 9.47 Å². The first-order valence-corrected chi connectivity index (χ1v) is 7.23. The topological polar surface area (TPSA) is 71.2 Å². The Morgan fingerprint density at radius 1 is 1.27 bits per heavy atom. The Kier molecular flexibility index (Phi) is 3.52. The van der Waals surface area contributed by atoms with Gasteiger partial charge in [-0.25, -0.2) is 4.79 Å². The summed E-state index contributed by atoms with van der Waals surface area (Å²) in [6.07, 6.45) is 0. The maximum atomic E-state index is 12.5. The Bertz CT molecular complexity index is 738. The van der Waals surface area contributed by atoms with Crippen LogP contribution in [0, 0.1) is 0 Å². The van der Waals surface area contributed by atoms with Crippen LogP contribution in [0.5, 0.6) is 5.75 Å². The Balaban J connectivity index is 2.10. The molecule has 1 aromatic carbocycles. The van der Waals surface area contributed by atoms with Crippen molar-refractivity contribution in [2.24, 2.45) is 0 Å². The zero-order valence-electron chi connectivity index (χ0n) is 13.2. The molecule has 1 aromatic heterocycles. The van der Waals surface area contributed by atoms with Crippen LogP contribution in [0.2, 0.25) is 0 Å². The normalized spacial score (nSPS) is 15.6. The maximum absolute atomic E-state index is 12.5. The minimum absolute atomic E-state index is 0.0296. The van der Waals surface area contributed by atoms with Gasteiger partial charge in [0.2, 0.25) is 0 Å². The van der Waals surface area contributed by atoms with E-state index in [1.807, 2.05) is 18.2 Å². The highest BCUT2D eigenvalue weighted by molar-refractivity contribution is 5.49. The Hall–Kier alpha value is -2.15. The minimum atomic E-state index is -0.280. The highest BCUT2D eigenvalue weighted by atomic mass is 16.5. The van der Waals surface area contributed by atoms with E-state index in [4.69, 9.17) is 9.47 Å². The molecule has 1 saturated heterocycles. The molecule has 2 aromatic rings. The summed E-state index contributed by atoms with van der Waals surface area (Å²) in [6, 6.07) is 5.75. The summed E-state index contributed by atoms with van der Waals surface area (Å²) in [6.45, 7) is 7.34. The van der Waals surface area contributed by atoms with E-state index in [1.54, 1.807) is 7.11 Å². The number of rotatable bonds is 3. The van der Waals surface area contributed by atoms with Gasteiger partial charge in [0.15, 0.2) is 0 Å². The molecule has 0 unspecified atom stereocenters. The molecule has 1 aliphatic rings. The number of tetrazole rings is 1. The van der Waals surface area contributed by atoms with Gasteiger partial charge in [0.05, 0.1) is 20.3 Å². The third-order valence-electron chi connectivity index (χ3n) is 3.84. The molecule has 0 aliphatic carbocycles. The molecule has 0 atom stereocenters. The summed E-state index contributed by atoms with van der Waals surface area (Å²) < 4.78 is 13.1. The van der Waals surface area contributed by atoms with E-state index >= 15 is 0 Å². The van der Waals surface area contributed by atoms with E-state index in [0.717, 1.165) is 5.56 Å². The van der Waals surface area contributed by atoms with Gasteiger partial charge in [0, 0.05) is 0 Å². The molecule has 0 radical (unpaired) electrons. The molecule has 0 N–H and O–H groups in total. The van der Waals surface area contributed by atoms with Crippen molar-refractivity contribution in [2.45, 2.75) is 32.2 Å². The fourth-order valence-corrected chi connectivity index (χ4v) is 2.32. The molecular formula is C15H20N4O3. The molecule has 0 amide bonds. The van der Waals surface area contributed by atoms with Gasteiger partial charge in [0.1, 0.15) is 17.5 Å². The second kappa shape index (κ2) is 5.24. The maximum Gasteiger partial charge on any atom is 0.369 e. The fraction of sp³-hybridized carbons (Fsp3) is 0.533. The van der Waals surface area contributed by atoms with Gasteiger partial charge in [0.25, 0.3) is 0 Å². The summed E-state index contributed by atoms with van der Waals surface area (Å²) in [7, 11) is 1.57. The lowest BCUT2D eigenvalue weighted by atomic mass is 9.87. The molecule has 1 aliphatic heterocycles. The van der Waals surface area contributed by atoms with Crippen LogP contribution < -0.4 is 10.4 Å². The predicted octanol–water partition coefficient (Wildman–Crippen LogP) is 1.31. The smallest absolute Gasteiger partial charge is 0.369 e. The fourth-order valence-electron chi connectivity index (χ4n) is 2.32. The van der Waals surface area contributed by atoms with Gasteiger partial charge >= 0.3 is 5.69 Å². The highest BCUT2D eigenvalue weighted by Gasteiger charge is 2.26. The lowest BCUT2D eigenvalue weighted by Gasteiger charge is -2.24. The van der Waals surface area contributed by atoms with Gasteiger partial charge in [-0.2, -0.15) is 9.36 Å². The quantitative estimate of drug-likeness (QED) is 0.855. The van der Waals surface area contributed by atoms with E-state index in [2.05, 4.69) is 31.2 Å². The van der Waals surface area contributed by atoms with E-state index in [0.29, 0.717) is 24.7 Å². The van der Waals surface area contributed by atoms with Gasteiger partial charge in [-0.15, -0.1) is 0 Å². The number of nitrogens with zero attached hydrogens (tertiary/aromatic N) is 4. The average Bonchev–Trinajstić information content (AvgIpc) is 2.77. The first kappa shape index (κ1) is 14.8. The van der Waals surface area contributed by atoms with Crippen LogP contribution in [-0.2, 0) is 10.2 Å². The van der Waals surface area contributed by atoms with Crippen LogP contribution in [0.4, 0.5) is 0 Å². The van der Waals surface area contributed by atoms with Crippen LogP contribution in [0.25, 0.3) is 5.69 Å². The Morgan fingerprint density at radius 3 is 2.55 bits per heavy atom. The summed E-state index contributed by atoms with van der Waals surface area (Å²) in [5, 5.41) is 7.97. The van der Waals surface area contributed by atoms with Crippen molar-refractivity contribution in [3.05, 3.63) is 34.2 Å². The molecule has 0 bridgehead atoms. The number of hydrogen-bond acceptors (Lipinski definition) is 5. The van der Waals surface area contributed by atoms with E-state index in [9.17, 15) is 4.79 Å². The largest absolute Gasteiger partial charge is 0.494 e. The molecule has 2 heterocycles. The molecular weight excluding hydrogens is 284 g/mol. The summed E-state index contributed by atoms with van der Waals surface area (Å²) in [5.74, 6) is 0.590. The monoisotopic (exact) mass is 304 g/mol. The average molecular weight is 304 g/mol. The second-order valence-electron chi connectivity index (χ2n) is 6.45. The van der Waals surface area contributed by atoms with E-state index in [-0.39, 0.29) is 17.1 Å². The van der Waals surface area contributed by atoms with Crippen molar-refractivity contribution in [1.82, 2.24) is 19.8 Å². The summed E-state index contributed by atoms with van der Waals surface area (Å²) in [5.41, 5.74) is 1.38. The van der Waals surface area contributed by atoms with Crippen LogP contribution >= 0.6 is 0 Å². The molecule has 7 heteroatoms. The minimum Gasteiger partial charge on any atom is -0.494 e. The van der Waals surface area contributed by atoms with Gasteiger partial charge in [-0.05, 0) is 33.5 Å². The molecule has 1 fully saturated rings. The third-order valence-corrected chi connectivity index (χ3v) is 3.84. The van der Waals surface area contributed by atoms with Crippen molar-refractivity contribution in [3.63, 3.8) is 0 Å². The van der Waals surface area contributed by atoms with Crippen molar-refractivity contribution in [2.75, 3.05) is 20.3 Å². The van der Waals surface area contributed by atoms with Crippen LogP contribution in [0.3, 0.4) is 0 Å².